The number of anilines is 1. The number of ether oxygens (including phenoxy) is 3. The number of morpholine rings is 1. The third-order valence-corrected chi connectivity index (χ3v) is 2.65. The number of esters is 1. The van der Waals surface area contributed by atoms with Crippen LogP contribution in [0.25, 0.3) is 0 Å². The van der Waals surface area contributed by atoms with E-state index in [1.807, 2.05) is 0 Å². The molecule has 1 amide bonds. The first kappa shape index (κ1) is 12.2. The van der Waals surface area contributed by atoms with Gasteiger partial charge in [0.15, 0.2) is 0 Å². The van der Waals surface area contributed by atoms with E-state index in [1.165, 1.54) is 19.1 Å². The van der Waals surface area contributed by atoms with Crippen LogP contribution >= 0.6 is 0 Å². The van der Waals surface area contributed by atoms with Crippen LogP contribution in [-0.2, 0) is 14.3 Å². The summed E-state index contributed by atoms with van der Waals surface area (Å²) in [7, 11) is 3.03. The van der Waals surface area contributed by atoms with E-state index in [2.05, 4.69) is 4.74 Å². The number of carbonyl (C=O) groups is 2. The van der Waals surface area contributed by atoms with Gasteiger partial charge in [-0.05, 0) is 12.1 Å². The average molecular weight is 251 g/mol. The molecular formula is C12H13NO5. The lowest BCUT2D eigenvalue weighted by Gasteiger charge is -2.27. The van der Waals surface area contributed by atoms with Gasteiger partial charge in [-0.25, -0.2) is 4.79 Å². The van der Waals surface area contributed by atoms with Crippen LogP contribution in [0.5, 0.6) is 11.5 Å². The summed E-state index contributed by atoms with van der Waals surface area (Å²) in [4.78, 5) is 24.3. The number of hydrogen-bond acceptors (Lipinski definition) is 5. The lowest BCUT2D eigenvalue weighted by molar-refractivity contribution is -0.156. The fourth-order valence-electron chi connectivity index (χ4n) is 1.74. The molecule has 6 heteroatoms. The smallest absolute Gasteiger partial charge is 0.397 e. The summed E-state index contributed by atoms with van der Waals surface area (Å²) in [5.41, 5.74) is 0.528. The minimum atomic E-state index is -0.848. The summed E-state index contributed by atoms with van der Waals surface area (Å²) in [6, 6.07) is 5.03. The molecule has 0 aromatic heterocycles. The molecule has 1 aliphatic heterocycles. The van der Waals surface area contributed by atoms with Crippen LogP contribution < -0.4 is 14.4 Å². The van der Waals surface area contributed by atoms with E-state index >= 15 is 0 Å². The van der Waals surface area contributed by atoms with Gasteiger partial charge in [-0.1, -0.05) is 0 Å². The van der Waals surface area contributed by atoms with Crippen molar-refractivity contribution < 1.29 is 23.8 Å². The molecule has 0 radical (unpaired) electrons. The van der Waals surface area contributed by atoms with Crippen molar-refractivity contribution in [2.24, 2.45) is 0 Å². The van der Waals surface area contributed by atoms with E-state index in [4.69, 9.17) is 9.47 Å². The lowest BCUT2D eigenvalue weighted by Crippen LogP contribution is -2.45. The zero-order valence-corrected chi connectivity index (χ0v) is 10.1. The molecule has 6 nitrogen and oxygen atoms in total. The molecule has 18 heavy (non-hydrogen) atoms. The zero-order valence-electron chi connectivity index (χ0n) is 10.1. The van der Waals surface area contributed by atoms with Crippen molar-refractivity contribution in [2.75, 3.05) is 32.3 Å². The van der Waals surface area contributed by atoms with E-state index in [0.717, 1.165) is 0 Å². The van der Waals surface area contributed by atoms with Gasteiger partial charge >= 0.3 is 11.9 Å². The molecule has 0 N–H and O–H groups in total. The number of rotatable bonds is 3. The van der Waals surface area contributed by atoms with Gasteiger partial charge in [0.1, 0.15) is 18.1 Å². The third kappa shape index (κ3) is 2.09. The van der Waals surface area contributed by atoms with Crippen LogP contribution in [0, 0.1) is 0 Å². The van der Waals surface area contributed by atoms with Gasteiger partial charge in [-0.15, -0.1) is 0 Å². The number of benzene rings is 1. The summed E-state index contributed by atoms with van der Waals surface area (Å²) in [6.45, 7) is 0.493. The Morgan fingerprint density at radius 2 is 2.00 bits per heavy atom. The summed E-state index contributed by atoms with van der Waals surface area (Å²) in [5.74, 6) is -0.455. The Morgan fingerprint density at radius 3 is 2.67 bits per heavy atom. The van der Waals surface area contributed by atoms with Crippen molar-refractivity contribution in [2.45, 2.75) is 0 Å². The second-order valence-electron chi connectivity index (χ2n) is 3.63. The molecule has 1 heterocycles. The maximum Gasteiger partial charge on any atom is 0.397 e. The van der Waals surface area contributed by atoms with Gasteiger partial charge in [-0.3, -0.25) is 9.69 Å². The van der Waals surface area contributed by atoms with Crippen LogP contribution in [0.3, 0.4) is 0 Å². The van der Waals surface area contributed by atoms with Gasteiger partial charge in [0.25, 0.3) is 0 Å². The van der Waals surface area contributed by atoms with Gasteiger partial charge < -0.3 is 14.2 Å². The first-order valence-corrected chi connectivity index (χ1v) is 5.38. The molecule has 0 atom stereocenters. The molecule has 1 fully saturated rings. The standard InChI is InChI=1S/C12H13NO5/c1-16-8-3-4-9(10(7-8)17-2)13-5-6-18-12(15)11(13)14/h3-4,7H,5-6H2,1-2H3. The fourth-order valence-corrected chi connectivity index (χ4v) is 1.74. The molecule has 0 aliphatic carbocycles. The van der Waals surface area contributed by atoms with E-state index in [0.29, 0.717) is 23.7 Å². The molecule has 0 bridgehead atoms. The van der Waals surface area contributed by atoms with Crippen molar-refractivity contribution in [3.8, 4) is 11.5 Å². The summed E-state index contributed by atoms with van der Waals surface area (Å²) >= 11 is 0. The number of nitrogens with zero attached hydrogens (tertiary/aromatic N) is 1. The highest BCUT2D eigenvalue weighted by atomic mass is 16.5. The van der Waals surface area contributed by atoms with E-state index in [1.54, 1.807) is 18.2 Å². The molecule has 1 aromatic rings. The fraction of sp³-hybridized carbons (Fsp3) is 0.333. The SMILES string of the molecule is COc1ccc(N2CCOC(=O)C2=O)c(OC)c1. The number of amides is 1. The maximum atomic E-state index is 11.7. The van der Waals surface area contributed by atoms with E-state index in [9.17, 15) is 9.59 Å². The van der Waals surface area contributed by atoms with Gasteiger partial charge in [-0.2, -0.15) is 0 Å². The third-order valence-electron chi connectivity index (χ3n) is 2.65. The van der Waals surface area contributed by atoms with Crippen LogP contribution in [0.2, 0.25) is 0 Å². The first-order valence-electron chi connectivity index (χ1n) is 5.38. The van der Waals surface area contributed by atoms with Gasteiger partial charge in [0, 0.05) is 6.07 Å². The topological polar surface area (TPSA) is 65.1 Å². The number of carbonyl (C=O) groups excluding carboxylic acids is 2. The number of methoxy groups -OCH3 is 2. The van der Waals surface area contributed by atoms with E-state index in [-0.39, 0.29) is 6.61 Å². The zero-order chi connectivity index (χ0) is 13.1. The second kappa shape index (κ2) is 4.95. The molecule has 1 aliphatic rings. The normalized spacial score (nSPS) is 15.3. The number of cyclic esters (lactones) is 1. The molecule has 2 rings (SSSR count). The van der Waals surface area contributed by atoms with Crippen LogP contribution in [0.4, 0.5) is 5.69 Å². The lowest BCUT2D eigenvalue weighted by atomic mass is 10.2. The highest BCUT2D eigenvalue weighted by Gasteiger charge is 2.31. The monoisotopic (exact) mass is 251 g/mol. The van der Waals surface area contributed by atoms with Crippen LogP contribution in [0.1, 0.15) is 0 Å². The molecule has 1 aromatic carbocycles. The molecular weight excluding hydrogens is 238 g/mol. The van der Waals surface area contributed by atoms with E-state index < -0.39 is 11.9 Å². The van der Waals surface area contributed by atoms with Crippen molar-refractivity contribution >= 4 is 17.6 Å². The Labute approximate surface area is 104 Å². The minimum Gasteiger partial charge on any atom is -0.497 e. The van der Waals surface area contributed by atoms with Crippen molar-refractivity contribution in [1.82, 2.24) is 0 Å². The molecule has 0 unspecified atom stereocenters. The predicted octanol–water partition coefficient (Wildman–Crippen LogP) is 0.594. The van der Waals surface area contributed by atoms with Crippen molar-refractivity contribution in [3.63, 3.8) is 0 Å². The molecule has 96 valence electrons. The molecule has 0 spiro atoms. The van der Waals surface area contributed by atoms with Crippen molar-refractivity contribution in [3.05, 3.63) is 18.2 Å². The van der Waals surface area contributed by atoms with Gasteiger partial charge in [0.05, 0.1) is 26.5 Å². The largest absolute Gasteiger partial charge is 0.497 e. The molecule has 1 saturated heterocycles. The Balaban J connectivity index is 2.37. The quantitative estimate of drug-likeness (QED) is 0.581. The summed E-state index contributed by atoms with van der Waals surface area (Å²) in [5, 5.41) is 0. The predicted molar refractivity (Wildman–Crippen MR) is 62.9 cm³/mol. The maximum absolute atomic E-state index is 11.7. The first-order chi connectivity index (χ1) is 8.67. The van der Waals surface area contributed by atoms with Gasteiger partial charge in [0.2, 0.25) is 0 Å². The Bertz CT molecular complexity index is 485. The average Bonchev–Trinajstić information content (AvgIpc) is 2.41. The van der Waals surface area contributed by atoms with Crippen LogP contribution in [0.15, 0.2) is 18.2 Å². The Morgan fingerprint density at radius 1 is 1.22 bits per heavy atom. The van der Waals surface area contributed by atoms with Crippen molar-refractivity contribution in [1.29, 1.82) is 0 Å². The Kier molecular flexibility index (Phi) is 3.36. The highest BCUT2D eigenvalue weighted by Crippen LogP contribution is 2.32. The highest BCUT2D eigenvalue weighted by molar-refractivity contribution is 6.38. The summed E-state index contributed by atoms with van der Waals surface area (Å²) < 4.78 is 14.9. The number of hydrogen-bond donors (Lipinski definition) is 0. The second-order valence-corrected chi connectivity index (χ2v) is 3.63. The minimum absolute atomic E-state index is 0.180. The Hall–Kier alpha value is -2.24. The summed E-state index contributed by atoms with van der Waals surface area (Å²) in [6.07, 6.45) is 0. The molecule has 0 saturated carbocycles. The van der Waals surface area contributed by atoms with Crippen LogP contribution in [-0.4, -0.2) is 39.2 Å².